The molecule has 196 valence electrons. The summed E-state index contributed by atoms with van der Waals surface area (Å²) in [7, 11) is -3.62. The Balaban J connectivity index is 1.37. The average molecular weight is 517 g/mol. The molecule has 1 aromatic carbocycles. The highest BCUT2D eigenvalue weighted by Gasteiger charge is 2.51. The molecule has 11 heteroatoms. The third-order valence-electron chi connectivity index (χ3n) is 8.09. The molecule has 0 spiro atoms. The minimum atomic E-state index is -3.62. The van der Waals surface area contributed by atoms with Gasteiger partial charge in [-0.3, -0.25) is 4.79 Å². The minimum Gasteiger partial charge on any atom is -0.396 e. The molecular weight excluding hydrogens is 480 g/mol. The van der Waals surface area contributed by atoms with Crippen LogP contribution >= 0.6 is 0 Å². The van der Waals surface area contributed by atoms with E-state index in [0.29, 0.717) is 12.1 Å². The number of fused-ring (bicyclic) bond motifs is 2. The van der Waals surface area contributed by atoms with Gasteiger partial charge in [-0.05, 0) is 43.0 Å². The normalized spacial score (nSPS) is 32.4. The first-order valence-electron chi connectivity index (χ1n) is 12.9. The van der Waals surface area contributed by atoms with Gasteiger partial charge in [-0.1, -0.05) is 26.7 Å². The Hall–Kier alpha value is -2.23. The van der Waals surface area contributed by atoms with E-state index in [1.165, 1.54) is 4.31 Å². The van der Waals surface area contributed by atoms with Crippen LogP contribution in [0.15, 0.2) is 23.1 Å². The van der Waals surface area contributed by atoms with Crippen molar-refractivity contribution < 1.29 is 18.3 Å². The number of carbonyl (C=O) groups is 1. The second-order valence-electron chi connectivity index (χ2n) is 11.3. The first-order chi connectivity index (χ1) is 17.1. The van der Waals surface area contributed by atoms with Crippen molar-refractivity contribution in [2.45, 2.75) is 75.6 Å². The topological polar surface area (TPSA) is 138 Å². The number of rotatable bonds is 6. The SMILES string of the molecule is CC(C)(CO)CN1Cc2cc(NC3NN([C@H]4CCCC[C@@H]4C#N)C4CCNC(=O)C34)ccc2S1(=O)=O. The Morgan fingerprint density at radius 1 is 1.22 bits per heavy atom. The van der Waals surface area contributed by atoms with E-state index in [0.717, 1.165) is 37.8 Å². The van der Waals surface area contributed by atoms with E-state index >= 15 is 0 Å². The largest absolute Gasteiger partial charge is 0.396 e. The number of amides is 1. The van der Waals surface area contributed by atoms with Gasteiger partial charge in [-0.2, -0.15) is 9.57 Å². The van der Waals surface area contributed by atoms with Crippen LogP contribution in [0, 0.1) is 28.6 Å². The molecule has 36 heavy (non-hydrogen) atoms. The predicted octanol–water partition coefficient (Wildman–Crippen LogP) is 1.35. The molecule has 3 fully saturated rings. The van der Waals surface area contributed by atoms with E-state index in [4.69, 9.17) is 0 Å². The van der Waals surface area contributed by atoms with Crippen LogP contribution in [0.3, 0.4) is 0 Å². The lowest BCUT2D eigenvalue weighted by Crippen LogP contribution is -2.54. The number of nitrogens with one attached hydrogen (secondary N) is 3. The number of sulfonamides is 1. The summed E-state index contributed by atoms with van der Waals surface area (Å²) in [6.45, 7) is 4.67. The molecule has 1 amide bonds. The van der Waals surface area contributed by atoms with Crippen LogP contribution in [0.25, 0.3) is 0 Å². The number of hydrazine groups is 1. The molecule has 10 nitrogen and oxygen atoms in total. The van der Waals surface area contributed by atoms with Crippen LogP contribution in [0.4, 0.5) is 5.69 Å². The molecule has 3 aliphatic heterocycles. The zero-order valence-corrected chi connectivity index (χ0v) is 21.7. The number of nitriles is 1. The number of nitrogens with zero attached hydrogens (tertiary/aromatic N) is 3. The lowest BCUT2D eigenvalue weighted by molar-refractivity contribution is -0.128. The first kappa shape index (κ1) is 25.4. The minimum absolute atomic E-state index is 0.00112. The summed E-state index contributed by atoms with van der Waals surface area (Å²) in [5, 5.41) is 28.0. The molecule has 0 radical (unpaired) electrons. The number of hydrogen-bond acceptors (Lipinski definition) is 8. The number of aliphatic hydroxyl groups is 1. The standard InChI is InChI=1S/C25H36N6O4S/c1-25(2,15-32)14-30-13-17-11-18(7-8-21(17)36(30,34)35)28-23-22-20(9-10-27-24(22)33)31(29-23)19-6-4-3-5-16(19)12-26/h7-8,11,16,19-20,22-23,28-29,32H,3-6,9-10,13-15H2,1-2H3,(H,27,33)/t16-,19+,20?,22?,23?/m1/s1. The maximum atomic E-state index is 13.1. The molecule has 0 bridgehead atoms. The maximum Gasteiger partial charge on any atom is 0.243 e. The van der Waals surface area contributed by atoms with Crippen LogP contribution in [0.2, 0.25) is 0 Å². The van der Waals surface area contributed by atoms with E-state index in [-0.39, 0.29) is 60.6 Å². The summed E-state index contributed by atoms with van der Waals surface area (Å²) < 4.78 is 27.6. The summed E-state index contributed by atoms with van der Waals surface area (Å²) in [6.07, 6.45) is 4.39. The summed E-state index contributed by atoms with van der Waals surface area (Å²) in [4.78, 5) is 13.2. The Kier molecular flexibility index (Phi) is 6.76. The fraction of sp³-hybridized carbons (Fsp3) is 0.680. The molecular formula is C25H36N6O4S. The Morgan fingerprint density at radius 3 is 2.75 bits per heavy atom. The van der Waals surface area contributed by atoms with Gasteiger partial charge in [0.2, 0.25) is 15.9 Å². The highest BCUT2D eigenvalue weighted by atomic mass is 32.2. The third-order valence-corrected chi connectivity index (χ3v) is 9.99. The molecule has 4 N–H and O–H groups in total. The first-order valence-corrected chi connectivity index (χ1v) is 14.3. The van der Waals surface area contributed by atoms with Crippen LogP contribution in [-0.4, -0.2) is 66.7 Å². The van der Waals surface area contributed by atoms with E-state index in [1.54, 1.807) is 12.1 Å². The quantitative estimate of drug-likeness (QED) is 0.445. The molecule has 0 aromatic heterocycles. The van der Waals surface area contributed by atoms with Gasteiger partial charge in [-0.15, -0.1) is 0 Å². The lowest BCUT2D eigenvalue weighted by Gasteiger charge is -2.39. The molecule has 1 aliphatic carbocycles. The molecule has 1 saturated carbocycles. The number of hydrogen-bond donors (Lipinski definition) is 4. The molecule has 5 rings (SSSR count). The fourth-order valence-electron chi connectivity index (χ4n) is 6.20. The van der Waals surface area contributed by atoms with Gasteiger partial charge in [0.25, 0.3) is 0 Å². The van der Waals surface area contributed by atoms with Crippen molar-refractivity contribution in [2.75, 3.05) is 25.0 Å². The number of anilines is 1. The molecule has 5 atom stereocenters. The van der Waals surface area contributed by atoms with Gasteiger partial charge in [0.05, 0.1) is 22.8 Å². The van der Waals surface area contributed by atoms with Crippen molar-refractivity contribution in [1.29, 1.82) is 5.26 Å². The van der Waals surface area contributed by atoms with E-state index in [9.17, 15) is 23.6 Å². The summed E-state index contributed by atoms with van der Waals surface area (Å²) in [5.41, 5.74) is 4.43. The van der Waals surface area contributed by atoms with Crippen LogP contribution in [0.1, 0.15) is 51.5 Å². The van der Waals surface area contributed by atoms with E-state index in [1.807, 2.05) is 19.9 Å². The van der Waals surface area contributed by atoms with Crippen LogP contribution in [-0.2, 0) is 21.4 Å². The van der Waals surface area contributed by atoms with Crippen molar-refractivity contribution in [2.24, 2.45) is 17.3 Å². The van der Waals surface area contributed by atoms with Crippen molar-refractivity contribution in [3.8, 4) is 6.07 Å². The third kappa shape index (κ3) is 4.50. The highest BCUT2D eigenvalue weighted by Crippen LogP contribution is 2.38. The molecule has 2 saturated heterocycles. The van der Waals surface area contributed by atoms with Crippen molar-refractivity contribution in [1.82, 2.24) is 20.1 Å². The Labute approximate surface area is 213 Å². The number of carbonyl (C=O) groups excluding carboxylic acids is 1. The van der Waals surface area contributed by atoms with Gasteiger partial charge in [-0.25, -0.2) is 18.9 Å². The van der Waals surface area contributed by atoms with Crippen molar-refractivity contribution in [3.63, 3.8) is 0 Å². The summed E-state index contributed by atoms with van der Waals surface area (Å²) in [6, 6.07) is 7.77. The van der Waals surface area contributed by atoms with Gasteiger partial charge in [0.15, 0.2) is 0 Å². The number of aliphatic hydroxyl groups excluding tert-OH is 1. The molecule has 3 heterocycles. The van der Waals surface area contributed by atoms with E-state index < -0.39 is 15.4 Å². The Bertz CT molecular complexity index is 1170. The molecule has 3 unspecified atom stereocenters. The summed E-state index contributed by atoms with van der Waals surface area (Å²) >= 11 is 0. The van der Waals surface area contributed by atoms with Crippen LogP contribution < -0.4 is 16.1 Å². The van der Waals surface area contributed by atoms with E-state index in [2.05, 4.69) is 27.1 Å². The molecule has 1 aromatic rings. The van der Waals surface area contributed by atoms with Crippen molar-refractivity contribution in [3.05, 3.63) is 23.8 Å². The maximum absolute atomic E-state index is 13.1. The van der Waals surface area contributed by atoms with Crippen molar-refractivity contribution >= 4 is 21.6 Å². The summed E-state index contributed by atoms with van der Waals surface area (Å²) in [5.74, 6) is -0.391. The van der Waals surface area contributed by atoms with Gasteiger partial charge < -0.3 is 15.7 Å². The highest BCUT2D eigenvalue weighted by molar-refractivity contribution is 7.89. The zero-order chi connectivity index (χ0) is 25.7. The smallest absolute Gasteiger partial charge is 0.243 e. The van der Waals surface area contributed by atoms with Gasteiger partial charge in [0.1, 0.15) is 6.17 Å². The zero-order valence-electron chi connectivity index (χ0n) is 20.9. The molecule has 4 aliphatic rings. The van der Waals surface area contributed by atoms with Gasteiger partial charge >= 0.3 is 0 Å². The monoisotopic (exact) mass is 516 g/mol. The number of piperidine rings is 1. The lowest BCUT2D eigenvalue weighted by atomic mass is 9.83. The van der Waals surface area contributed by atoms with Crippen LogP contribution in [0.5, 0.6) is 0 Å². The average Bonchev–Trinajstić information content (AvgIpc) is 3.33. The Morgan fingerprint density at radius 2 is 2.00 bits per heavy atom. The van der Waals surface area contributed by atoms with Gasteiger partial charge in [0, 0.05) is 49.4 Å². The fourth-order valence-corrected chi connectivity index (χ4v) is 8.00. The second-order valence-corrected chi connectivity index (χ2v) is 13.2. The number of benzene rings is 1. The second kappa shape index (κ2) is 9.58. The predicted molar refractivity (Wildman–Crippen MR) is 134 cm³/mol.